The molecular weight excluding hydrogens is 316 g/mol. The highest BCUT2D eigenvalue weighted by Gasteiger charge is 2.28. The fourth-order valence-corrected chi connectivity index (χ4v) is 3.46. The summed E-state index contributed by atoms with van der Waals surface area (Å²) in [4.78, 5) is 11.1. The second-order valence-electron chi connectivity index (χ2n) is 6.62. The monoisotopic (exact) mass is 338 g/mol. The van der Waals surface area contributed by atoms with Gasteiger partial charge >= 0.3 is 0 Å². The first kappa shape index (κ1) is 16.0. The van der Waals surface area contributed by atoms with E-state index in [2.05, 4.69) is 32.0 Å². The number of likely N-dealkylation sites (tertiary alicyclic amines) is 1. The van der Waals surface area contributed by atoms with Crippen LogP contribution in [0.2, 0.25) is 0 Å². The van der Waals surface area contributed by atoms with Crippen molar-refractivity contribution in [3.63, 3.8) is 0 Å². The molecule has 25 heavy (non-hydrogen) atoms. The van der Waals surface area contributed by atoms with E-state index in [-0.39, 0.29) is 6.04 Å². The van der Waals surface area contributed by atoms with Gasteiger partial charge in [-0.05, 0) is 32.2 Å². The van der Waals surface area contributed by atoms with Gasteiger partial charge in [-0.15, -0.1) is 0 Å². The summed E-state index contributed by atoms with van der Waals surface area (Å²) in [6, 6.07) is 10.0. The molecule has 1 aromatic carbocycles. The minimum absolute atomic E-state index is 0.114. The summed E-state index contributed by atoms with van der Waals surface area (Å²) < 4.78 is 7.46. The van der Waals surface area contributed by atoms with Gasteiger partial charge in [0.25, 0.3) is 0 Å². The number of hydrogen-bond donors (Lipinski definition) is 0. The first-order chi connectivity index (χ1) is 12.3. The van der Waals surface area contributed by atoms with Gasteiger partial charge in [0.1, 0.15) is 12.7 Å². The van der Waals surface area contributed by atoms with Crippen molar-refractivity contribution in [2.24, 2.45) is 5.92 Å². The van der Waals surface area contributed by atoms with Gasteiger partial charge in [-0.3, -0.25) is 9.58 Å². The van der Waals surface area contributed by atoms with E-state index in [0.717, 1.165) is 25.2 Å². The molecule has 1 saturated heterocycles. The van der Waals surface area contributed by atoms with Crippen LogP contribution in [-0.4, -0.2) is 42.9 Å². The third-order valence-corrected chi connectivity index (χ3v) is 4.84. The lowest BCUT2D eigenvalue weighted by Crippen LogP contribution is -2.38. The molecule has 1 fully saturated rings. The summed E-state index contributed by atoms with van der Waals surface area (Å²) >= 11 is 0. The molecule has 3 heterocycles. The normalized spacial score (nSPS) is 19.8. The Morgan fingerprint density at radius 1 is 1.28 bits per heavy atom. The van der Waals surface area contributed by atoms with Crippen molar-refractivity contribution in [1.29, 1.82) is 0 Å². The molecule has 0 radical (unpaired) electrons. The molecule has 0 amide bonds. The summed E-state index contributed by atoms with van der Waals surface area (Å²) in [5, 5.41) is 8.37. The predicted molar refractivity (Wildman–Crippen MR) is 92.5 cm³/mol. The SMILES string of the molecule is C[C@@H](c1nc(-c2ccccc2)no1)N1CCC[C@@H](Cn2cncn2)C1. The molecule has 0 unspecified atom stereocenters. The zero-order chi connectivity index (χ0) is 17.1. The highest BCUT2D eigenvalue weighted by atomic mass is 16.5. The van der Waals surface area contributed by atoms with Crippen LogP contribution < -0.4 is 0 Å². The fraction of sp³-hybridized carbons (Fsp3) is 0.444. The first-order valence-electron chi connectivity index (χ1n) is 8.75. The zero-order valence-corrected chi connectivity index (χ0v) is 14.3. The fourth-order valence-electron chi connectivity index (χ4n) is 3.46. The maximum absolute atomic E-state index is 5.54. The van der Waals surface area contributed by atoms with Gasteiger partial charge in [-0.25, -0.2) is 4.98 Å². The molecule has 0 bridgehead atoms. The highest BCUT2D eigenvalue weighted by molar-refractivity contribution is 5.53. The van der Waals surface area contributed by atoms with Gasteiger partial charge in [-0.2, -0.15) is 10.1 Å². The lowest BCUT2D eigenvalue weighted by atomic mass is 9.97. The molecule has 0 N–H and O–H groups in total. The second-order valence-corrected chi connectivity index (χ2v) is 6.62. The molecule has 3 aromatic rings. The Labute approximate surface area is 146 Å². The molecule has 2 aromatic heterocycles. The number of nitrogens with zero attached hydrogens (tertiary/aromatic N) is 6. The molecule has 4 rings (SSSR count). The van der Waals surface area contributed by atoms with Gasteiger partial charge in [0.05, 0.1) is 6.04 Å². The summed E-state index contributed by atoms with van der Waals surface area (Å²) in [6.45, 7) is 5.10. The van der Waals surface area contributed by atoms with E-state index in [4.69, 9.17) is 4.52 Å². The maximum atomic E-state index is 5.54. The van der Waals surface area contributed by atoms with Crippen LogP contribution in [0.3, 0.4) is 0 Å². The maximum Gasteiger partial charge on any atom is 0.244 e. The van der Waals surface area contributed by atoms with Gasteiger partial charge in [0.2, 0.25) is 11.7 Å². The minimum Gasteiger partial charge on any atom is -0.337 e. The van der Waals surface area contributed by atoms with Crippen molar-refractivity contribution in [2.75, 3.05) is 13.1 Å². The Morgan fingerprint density at radius 3 is 2.96 bits per heavy atom. The second kappa shape index (κ2) is 7.14. The Hall–Kier alpha value is -2.54. The smallest absolute Gasteiger partial charge is 0.244 e. The summed E-state index contributed by atoms with van der Waals surface area (Å²) in [5.74, 6) is 1.90. The molecule has 1 aliphatic heterocycles. The van der Waals surface area contributed by atoms with E-state index >= 15 is 0 Å². The van der Waals surface area contributed by atoms with Crippen LogP contribution in [0, 0.1) is 5.92 Å². The average molecular weight is 338 g/mol. The molecular formula is C18H22N6O. The summed E-state index contributed by atoms with van der Waals surface area (Å²) in [7, 11) is 0. The van der Waals surface area contributed by atoms with Crippen LogP contribution >= 0.6 is 0 Å². The van der Waals surface area contributed by atoms with Crippen molar-refractivity contribution in [3.8, 4) is 11.4 Å². The van der Waals surface area contributed by atoms with Crippen LogP contribution in [-0.2, 0) is 6.54 Å². The van der Waals surface area contributed by atoms with Gasteiger partial charge in [0.15, 0.2) is 0 Å². The van der Waals surface area contributed by atoms with Crippen LogP contribution in [0.1, 0.15) is 31.7 Å². The summed E-state index contributed by atoms with van der Waals surface area (Å²) in [5.41, 5.74) is 0.979. The van der Waals surface area contributed by atoms with Crippen LogP contribution in [0.5, 0.6) is 0 Å². The van der Waals surface area contributed by atoms with Gasteiger partial charge in [0, 0.05) is 18.7 Å². The van der Waals surface area contributed by atoms with Crippen LogP contribution in [0.4, 0.5) is 0 Å². The lowest BCUT2D eigenvalue weighted by molar-refractivity contribution is 0.102. The summed E-state index contributed by atoms with van der Waals surface area (Å²) in [6.07, 6.45) is 5.75. The number of aromatic nitrogens is 5. The Kier molecular flexibility index (Phi) is 4.56. The Balaban J connectivity index is 1.43. The molecule has 7 heteroatoms. The van der Waals surface area contributed by atoms with E-state index in [1.807, 2.05) is 35.0 Å². The van der Waals surface area contributed by atoms with Crippen molar-refractivity contribution in [3.05, 3.63) is 48.9 Å². The number of rotatable bonds is 5. The minimum atomic E-state index is 0.114. The third-order valence-electron chi connectivity index (χ3n) is 4.84. The number of piperidine rings is 1. The third kappa shape index (κ3) is 3.61. The topological polar surface area (TPSA) is 72.9 Å². The first-order valence-corrected chi connectivity index (χ1v) is 8.75. The number of benzene rings is 1. The van der Waals surface area contributed by atoms with Crippen molar-refractivity contribution >= 4 is 0 Å². The molecule has 130 valence electrons. The molecule has 7 nitrogen and oxygen atoms in total. The molecule has 1 aliphatic rings. The van der Waals surface area contributed by atoms with E-state index in [1.165, 1.54) is 12.8 Å². The molecule has 0 spiro atoms. The van der Waals surface area contributed by atoms with Crippen molar-refractivity contribution in [2.45, 2.75) is 32.4 Å². The quantitative estimate of drug-likeness (QED) is 0.712. The standard InChI is InChI=1S/C18H22N6O/c1-14(18-21-17(22-25-18)16-7-3-2-4-8-16)23-9-5-6-15(10-23)11-24-13-19-12-20-24/h2-4,7-8,12-15H,5-6,9-11H2,1H3/t14-,15+/m0/s1. The van der Waals surface area contributed by atoms with E-state index in [9.17, 15) is 0 Å². The van der Waals surface area contributed by atoms with Gasteiger partial charge in [-0.1, -0.05) is 35.5 Å². The van der Waals surface area contributed by atoms with Crippen molar-refractivity contribution in [1.82, 2.24) is 29.8 Å². The predicted octanol–water partition coefficient (Wildman–Crippen LogP) is 2.80. The van der Waals surface area contributed by atoms with E-state index in [1.54, 1.807) is 12.7 Å². The van der Waals surface area contributed by atoms with Crippen molar-refractivity contribution < 1.29 is 4.52 Å². The van der Waals surface area contributed by atoms with Gasteiger partial charge < -0.3 is 4.52 Å². The molecule has 0 saturated carbocycles. The van der Waals surface area contributed by atoms with E-state index < -0.39 is 0 Å². The Morgan fingerprint density at radius 2 is 2.16 bits per heavy atom. The highest BCUT2D eigenvalue weighted by Crippen LogP contribution is 2.27. The average Bonchev–Trinajstić information content (AvgIpc) is 3.34. The molecule has 2 atom stereocenters. The van der Waals surface area contributed by atoms with Crippen LogP contribution in [0.15, 0.2) is 47.5 Å². The largest absolute Gasteiger partial charge is 0.337 e. The van der Waals surface area contributed by atoms with E-state index in [0.29, 0.717) is 17.6 Å². The lowest BCUT2D eigenvalue weighted by Gasteiger charge is -2.35. The molecule has 0 aliphatic carbocycles. The zero-order valence-electron chi connectivity index (χ0n) is 14.3. The Bertz CT molecular complexity index is 785. The number of hydrogen-bond acceptors (Lipinski definition) is 6. The van der Waals surface area contributed by atoms with Crippen LogP contribution in [0.25, 0.3) is 11.4 Å².